The molecule has 64 heavy (non-hydrogen) atoms. The van der Waals surface area contributed by atoms with E-state index in [1.165, 1.54) is 60.3 Å². The number of benzene rings is 9. The van der Waals surface area contributed by atoms with Crippen molar-refractivity contribution in [1.29, 1.82) is 0 Å². The Morgan fingerprint density at radius 2 is 1.06 bits per heavy atom. The van der Waals surface area contributed by atoms with E-state index in [9.17, 15) is 0 Å². The molecule has 0 spiro atoms. The molecular formula is C60H38N2O2. The minimum absolute atomic E-state index is 0.117. The van der Waals surface area contributed by atoms with E-state index in [0.29, 0.717) is 0 Å². The monoisotopic (exact) mass is 818 g/mol. The molecule has 0 saturated carbocycles. The van der Waals surface area contributed by atoms with Gasteiger partial charge in [-0.3, -0.25) is 0 Å². The van der Waals surface area contributed by atoms with E-state index >= 15 is 0 Å². The Morgan fingerprint density at radius 3 is 1.80 bits per heavy atom. The van der Waals surface area contributed by atoms with Crippen molar-refractivity contribution in [3.63, 3.8) is 0 Å². The summed E-state index contributed by atoms with van der Waals surface area (Å²) in [4.78, 5) is 2.34. The highest BCUT2D eigenvalue weighted by atomic mass is 16.5. The summed E-state index contributed by atoms with van der Waals surface area (Å²) in [6.07, 6.45) is 6.75. The number of fused-ring (bicyclic) bond motifs is 12. The van der Waals surface area contributed by atoms with Gasteiger partial charge in [-0.2, -0.15) is 0 Å². The number of anilines is 2. The molecule has 9 aromatic carbocycles. The fraction of sp³-hybridized carbons (Fsp3) is 0.0333. The molecule has 0 amide bonds. The lowest BCUT2D eigenvalue weighted by Gasteiger charge is -2.30. The first-order chi connectivity index (χ1) is 31.7. The quantitative estimate of drug-likeness (QED) is 0.167. The van der Waals surface area contributed by atoms with Crippen LogP contribution in [0.2, 0.25) is 0 Å². The van der Waals surface area contributed by atoms with Gasteiger partial charge in [-0.1, -0.05) is 146 Å². The summed E-state index contributed by atoms with van der Waals surface area (Å²) in [7, 11) is 0. The second kappa shape index (κ2) is 13.6. The zero-order valence-corrected chi connectivity index (χ0v) is 34.7. The van der Waals surface area contributed by atoms with Gasteiger partial charge in [-0.25, -0.2) is 0 Å². The number of furan rings is 1. The van der Waals surface area contributed by atoms with Crippen molar-refractivity contribution < 1.29 is 9.15 Å². The number of allylic oxidation sites excluding steroid dienone is 1. The molecular weight excluding hydrogens is 781 g/mol. The van der Waals surface area contributed by atoms with Crippen LogP contribution in [0.4, 0.5) is 11.4 Å². The fourth-order valence-electron chi connectivity index (χ4n) is 10.7. The molecule has 1 aliphatic heterocycles. The lowest BCUT2D eigenvalue weighted by molar-refractivity contribution is 0.268. The Kier molecular flexibility index (Phi) is 7.48. The average Bonchev–Trinajstić information content (AvgIpc) is 4.11. The largest absolute Gasteiger partial charge is 0.485 e. The normalized spacial score (nSPS) is 15.7. The van der Waals surface area contributed by atoms with Crippen molar-refractivity contribution in [3.05, 3.63) is 230 Å². The standard InChI is InChI=1S/C60H38N2O2/c1-2-11-37(12-3-1)38-21-26-42(27-22-38)61(43-28-23-39(24-29-43)45-16-10-17-51-48-15-6-9-20-56(48)64-60(45)51)44-30-32-50-49-31-25-40(35-57(49)63-58(50)36-44)41-33-52-46-13-4-7-18-54(46)62-55-19-8-5-14-47(55)53(34-41)59(52)62/h1-36,50,58H. The molecule has 3 aromatic heterocycles. The van der Waals surface area contributed by atoms with Crippen molar-refractivity contribution in [3.8, 4) is 39.1 Å². The Balaban J connectivity index is 0.834. The maximum Gasteiger partial charge on any atom is 0.143 e. The number of hydrogen-bond acceptors (Lipinski definition) is 3. The number of ether oxygens (including phenoxy) is 1. The lowest BCUT2D eigenvalue weighted by atomic mass is 9.89. The van der Waals surface area contributed by atoms with Gasteiger partial charge in [0.25, 0.3) is 0 Å². The Hall–Kier alpha value is -8.34. The first-order valence-electron chi connectivity index (χ1n) is 22.1. The van der Waals surface area contributed by atoms with Gasteiger partial charge in [0.1, 0.15) is 23.0 Å². The maximum atomic E-state index is 6.94. The third-order valence-corrected chi connectivity index (χ3v) is 13.7. The summed E-state index contributed by atoms with van der Waals surface area (Å²) >= 11 is 0. The summed E-state index contributed by atoms with van der Waals surface area (Å²) in [6, 6.07) is 72.1. The van der Waals surface area contributed by atoms with E-state index in [4.69, 9.17) is 9.15 Å². The maximum absolute atomic E-state index is 6.94. The van der Waals surface area contributed by atoms with Crippen molar-refractivity contribution in [1.82, 2.24) is 4.40 Å². The van der Waals surface area contributed by atoms with Gasteiger partial charge < -0.3 is 18.5 Å². The molecule has 14 rings (SSSR count). The predicted molar refractivity (Wildman–Crippen MR) is 264 cm³/mol. The van der Waals surface area contributed by atoms with E-state index in [1.54, 1.807) is 0 Å². The molecule has 4 heteroatoms. The number of nitrogens with zero attached hydrogens (tertiary/aromatic N) is 2. The molecule has 0 radical (unpaired) electrons. The van der Waals surface area contributed by atoms with Crippen LogP contribution >= 0.6 is 0 Å². The first kappa shape index (κ1) is 35.3. The van der Waals surface area contributed by atoms with Crippen molar-refractivity contribution in [2.75, 3.05) is 4.90 Å². The molecule has 0 N–H and O–H groups in total. The number of aromatic nitrogens is 1. The van der Waals surface area contributed by atoms with Crippen LogP contribution in [0, 0.1) is 0 Å². The summed E-state index contributed by atoms with van der Waals surface area (Å²) in [6.45, 7) is 0. The second-order valence-corrected chi connectivity index (χ2v) is 17.2. The van der Waals surface area contributed by atoms with Crippen LogP contribution in [0.1, 0.15) is 11.5 Å². The van der Waals surface area contributed by atoms with Crippen LogP contribution in [0.25, 0.3) is 93.4 Å². The van der Waals surface area contributed by atoms with Crippen LogP contribution in [-0.4, -0.2) is 10.5 Å². The van der Waals surface area contributed by atoms with Gasteiger partial charge in [0.2, 0.25) is 0 Å². The zero-order valence-electron chi connectivity index (χ0n) is 34.7. The highest BCUT2D eigenvalue weighted by Gasteiger charge is 2.35. The summed E-state index contributed by atoms with van der Waals surface area (Å²) in [5, 5.41) is 7.37. The molecule has 2 atom stereocenters. The minimum atomic E-state index is -0.147. The van der Waals surface area contributed by atoms with E-state index in [1.807, 2.05) is 12.1 Å². The molecule has 0 bridgehead atoms. The SMILES string of the molecule is C1=CC2c3ccc(-c4cc5c6ccccc6n6c7ccccc7c(c4)c56)cc3OC2C=C1N(c1ccc(-c2ccccc2)cc1)c1ccc(-c2cccc3c2oc2ccccc23)cc1. The van der Waals surface area contributed by atoms with Crippen molar-refractivity contribution >= 4 is 71.4 Å². The highest BCUT2D eigenvalue weighted by Crippen LogP contribution is 2.47. The molecule has 2 unspecified atom stereocenters. The second-order valence-electron chi connectivity index (χ2n) is 17.2. The van der Waals surface area contributed by atoms with Crippen molar-refractivity contribution in [2.24, 2.45) is 0 Å². The van der Waals surface area contributed by atoms with E-state index in [2.05, 4.69) is 216 Å². The molecule has 0 saturated heterocycles. The van der Waals surface area contributed by atoms with E-state index in [0.717, 1.165) is 61.5 Å². The van der Waals surface area contributed by atoms with Crippen LogP contribution in [0.15, 0.2) is 229 Å². The van der Waals surface area contributed by atoms with Gasteiger partial charge in [-0.15, -0.1) is 0 Å². The van der Waals surface area contributed by atoms with Gasteiger partial charge in [0.15, 0.2) is 0 Å². The third-order valence-electron chi connectivity index (χ3n) is 13.7. The Morgan fingerprint density at radius 1 is 0.453 bits per heavy atom. The van der Waals surface area contributed by atoms with E-state index in [-0.39, 0.29) is 12.0 Å². The van der Waals surface area contributed by atoms with Crippen LogP contribution in [-0.2, 0) is 0 Å². The first-order valence-corrected chi connectivity index (χ1v) is 22.1. The van der Waals surface area contributed by atoms with E-state index < -0.39 is 0 Å². The molecule has 0 fully saturated rings. The molecule has 12 aromatic rings. The lowest BCUT2D eigenvalue weighted by Crippen LogP contribution is -2.24. The predicted octanol–water partition coefficient (Wildman–Crippen LogP) is 15.9. The van der Waals surface area contributed by atoms with Crippen LogP contribution in [0.5, 0.6) is 5.75 Å². The van der Waals surface area contributed by atoms with Crippen molar-refractivity contribution in [2.45, 2.75) is 12.0 Å². The summed E-state index contributed by atoms with van der Waals surface area (Å²) in [5.74, 6) is 1.06. The topological polar surface area (TPSA) is 30.0 Å². The fourth-order valence-corrected chi connectivity index (χ4v) is 10.7. The molecule has 4 nitrogen and oxygen atoms in total. The highest BCUT2D eigenvalue weighted by molar-refractivity contribution is 6.24. The molecule has 4 heterocycles. The number of rotatable bonds is 6. The minimum Gasteiger partial charge on any atom is -0.485 e. The average molecular weight is 819 g/mol. The van der Waals surface area contributed by atoms with Gasteiger partial charge >= 0.3 is 0 Å². The third kappa shape index (κ3) is 5.23. The Labute approximate surface area is 369 Å². The number of para-hydroxylation sites is 4. The summed E-state index contributed by atoms with van der Waals surface area (Å²) < 4.78 is 15.8. The number of hydrogen-bond donors (Lipinski definition) is 0. The Bertz CT molecular complexity index is 3790. The van der Waals surface area contributed by atoms with Crippen LogP contribution < -0.4 is 9.64 Å². The van der Waals surface area contributed by atoms with Gasteiger partial charge in [0.05, 0.1) is 16.6 Å². The molecule has 2 aliphatic rings. The van der Waals surface area contributed by atoms with Crippen LogP contribution in [0.3, 0.4) is 0 Å². The van der Waals surface area contributed by atoms with Gasteiger partial charge in [0, 0.05) is 66.4 Å². The smallest absolute Gasteiger partial charge is 0.143 e. The molecule has 300 valence electrons. The molecule has 1 aliphatic carbocycles. The van der Waals surface area contributed by atoms with Gasteiger partial charge in [-0.05, 0) is 101 Å². The summed E-state index contributed by atoms with van der Waals surface area (Å²) in [5.41, 5.74) is 16.9. The zero-order chi connectivity index (χ0) is 41.9.